The molecule has 0 radical (unpaired) electrons. The Labute approximate surface area is 94.9 Å². The second-order valence-electron chi connectivity index (χ2n) is 4.42. The summed E-state index contributed by atoms with van der Waals surface area (Å²) in [4.78, 5) is 3.41. The molecule has 0 aliphatic heterocycles. The average molecular weight is 216 g/mol. The van der Waals surface area contributed by atoms with Gasteiger partial charge in [0.05, 0.1) is 6.26 Å². The maximum Gasteiger partial charge on any atom is 0.109 e. The lowest BCUT2D eigenvalue weighted by Crippen LogP contribution is -2.15. The Kier molecular flexibility index (Phi) is 2.54. The van der Waals surface area contributed by atoms with Crippen LogP contribution in [0, 0.1) is 0 Å². The molecule has 1 aliphatic rings. The van der Waals surface area contributed by atoms with Crippen molar-refractivity contribution in [3.05, 3.63) is 47.7 Å². The minimum Gasteiger partial charge on any atom is -0.469 e. The fraction of sp³-hybridized carbons (Fsp3) is 0.385. The highest BCUT2D eigenvalue weighted by molar-refractivity contribution is 5.18. The fourth-order valence-electron chi connectivity index (χ4n) is 1.84. The molecule has 2 heterocycles. The maximum atomic E-state index is 5.32. The zero-order valence-electron chi connectivity index (χ0n) is 9.20. The first-order chi connectivity index (χ1) is 7.90. The topological polar surface area (TPSA) is 41.0 Å². The summed E-state index contributed by atoms with van der Waals surface area (Å²) in [6, 6.07) is 8.97. The van der Waals surface area contributed by atoms with Gasteiger partial charge in [-0.3, -0.25) is 0 Å². The Morgan fingerprint density at radius 1 is 1.25 bits per heavy atom. The van der Waals surface area contributed by atoms with Gasteiger partial charge >= 0.3 is 0 Å². The number of hydrogen-bond donors (Lipinski definition) is 2. The van der Waals surface area contributed by atoms with Crippen molar-refractivity contribution in [2.24, 2.45) is 0 Å². The van der Waals surface area contributed by atoms with Crippen LogP contribution in [-0.4, -0.2) is 11.0 Å². The molecule has 3 heteroatoms. The molecule has 0 bridgehead atoms. The third kappa shape index (κ3) is 2.36. The van der Waals surface area contributed by atoms with Gasteiger partial charge in [-0.15, -0.1) is 0 Å². The van der Waals surface area contributed by atoms with E-state index in [9.17, 15) is 0 Å². The fourth-order valence-corrected chi connectivity index (χ4v) is 1.84. The number of nitrogens with one attached hydrogen (secondary N) is 2. The average Bonchev–Trinajstić information content (AvgIpc) is 2.78. The van der Waals surface area contributed by atoms with Crippen molar-refractivity contribution in [3.63, 3.8) is 0 Å². The standard InChI is InChI=1S/C13H16N2O/c1-2-13(16-7-1)8-11-5-6-12(15-11)9-14-10-3-4-10/h1-2,5-7,10,14-15H,3-4,8-9H2. The third-order valence-electron chi connectivity index (χ3n) is 2.91. The van der Waals surface area contributed by atoms with Gasteiger partial charge in [0.25, 0.3) is 0 Å². The first kappa shape index (κ1) is 9.73. The normalized spacial score (nSPS) is 15.5. The lowest BCUT2D eigenvalue weighted by molar-refractivity contribution is 0.519. The van der Waals surface area contributed by atoms with Crippen LogP contribution in [0.25, 0.3) is 0 Å². The second kappa shape index (κ2) is 4.18. The summed E-state index contributed by atoms with van der Waals surface area (Å²) < 4.78 is 5.32. The zero-order valence-corrected chi connectivity index (χ0v) is 9.20. The SMILES string of the molecule is c1coc(Cc2ccc(CNC3CC3)[nH]2)c1. The van der Waals surface area contributed by atoms with Gasteiger partial charge in [-0.2, -0.15) is 0 Å². The predicted octanol–water partition coefficient (Wildman–Crippen LogP) is 2.45. The highest BCUT2D eigenvalue weighted by atomic mass is 16.3. The van der Waals surface area contributed by atoms with Crippen LogP contribution in [0.5, 0.6) is 0 Å². The molecule has 0 saturated heterocycles. The second-order valence-corrected chi connectivity index (χ2v) is 4.42. The van der Waals surface area contributed by atoms with E-state index in [0.29, 0.717) is 0 Å². The summed E-state index contributed by atoms with van der Waals surface area (Å²) >= 11 is 0. The quantitative estimate of drug-likeness (QED) is 0.806. The zero-order chi connectivity index (χ0) is 10.8. The number of hydrogen-bond acceptors (Lipinski definition) is 2. The largest absolute Gasteiger partial charge is 0.469 e. The van der Waals surface area contributed by atoms with E-state index >= 15 is 0 Å². The Balaban J connectivity index is 1.58. The first-order valence-corrected chi connectivity index (χ1v) is 5.83. The van der Waals surface area contributed by atoms with Crippen molar-refractivity contribution in [1.82, 2.24) is 10.3 Å². The lowest BCUT2D eigenvalue weighted by atomic mass is 10.2. The number of rotatable bonds is 5. The minimum absolute atomic E-state index is 0.761. The van der Waals surface area contributed by atoms with Crippen molar-refractivity contribution < 1.29 is 4.42 Å². The predicted molar refractivity (Wildman–Crippen MR) is 62.2 cm³/mol. The molecule has 1 aliphatic carbocycles. The van der Waals surface area contributed by atoms with Gasteiger partial charge < -0.3 is 14.7 Å². The molecule has 2 aromatic rings. The summed E-state index contributed by atoms with van der Waals surface area (Å²) in [6.45, 7) is 0.947. The number of H-pyrrole nitrogens is 1. The van der Waals surface area contributed by atoms with E-state index in [-0.39, 0.29) is 0 Å². The van der Waals surface area contributed by atoms with Crippen molar-refractivity contribution in [3.8, 4) is 0 Å². The van der Waals surface area contributed by atoms with E-state index in [1.165, 1.54) is 24.2 Å². The molecule has 1 fully saturated rings. The molecular formula is C13H16N2O. The van der Waals surface area contributed by atoms with E-state index < -0.39 is 0 Å². The van der Waals surface area contributed by atoms with Crippen LogP contribution >= 0.6 is 0 Å². The van der Waals surface area contributed by atoms with Crippen LogP contribution in [0.15, 0.2) is 34.9 Å². The van der Waals surface area contributed by atoms with Crippen molar-refractivity contribution in [2.75, 3.05) is 0 Å². The van der Waals surface area contributed by atoms with Crippen molar-refractivity contribution >= 4 is 0 Å². The molecule has 3 nitrogen and oxygen atoms in total. The van der Waals surface area contributed by atoms with E-state index in [4.69, 9.17) is 4.42 Å². The molecule has 0 amide bonds. The van der Waals surface area contributed by atoms with Crippen LogP contribution in [0.4, 0.5) is 0 Å². The van der Waals surface area contributed by atoms with Gasteiger partial charge in [-0.25, -0.2) is 0 Å². The number of furan rings is 1. The highest BCUT2D eigenvalue weighted by Gasteiger charge is 2.20. The summed E-state index contributed by atoms with van der Waals surface area (Å²) in [6.07, 6.45) is 5.23. The molecule has 84 valence electrons. The van der Waals surface area contributed by atoms with Crippen molar-refractivity contribution in [2.45, 2.75) is 31.8 Å². The molecule has 1 saturated carbocycles. The molecule has 2 aromatic heterocycles. The third-order valence-corrected chi connectivity index (χ3v) is 2.91. The summed E-state index contributed by atoms with van der Waals surface area (Å²) in [7, 11) is 0. The molecule has 0 spiro atoms. The van der Waals surface area contributed by atoms with Crippen molar-refractivity contribution in [1.29, 1.82) is 0 Å². The number of aromatic amines is 1. The van der Waals surface area contributed by atoms with E-state index in [1.54, 1.807) is 6.26 Å². The molecule has 0 unspecified atom stereocenters. The van der Waals surface area contributed by atoms with Gasteiger partial charge in [-0.1, -0.05) is 0 Å². The Morgan fingerprint density at radius 2 is 2.12 bits per heavy atom. The van der Waals surface area contributed by atoms with Crippen LogP contribution < -0.4 is 5.32 Å². The molecular weight excluding hydrogens is 200 g/mol. The highest BCUT2D eigenvalue weighted by Crippen LogP contribution is 2.19. The summed E-state index contributed by atoms with van der Waals surface area (Å²) in [5.41, 5.74) is 2.47. The minimum atomic E-state index is 0.761. The summed E-state index contributed by atoms with van der Waals surface area (Å²) in [5, 5.41) is 3.49. The van der Waals surface area contributed by atoms with Crippen LogP contribution in [-0.2, 0) is 13.0 Å². The Bertz CT molecular complexity index is 440. The maximum absolute atomic E-state index is 5.32. The monoisotopic (exact) mass is 216 g/mol. The Morgan fingerprint density at radius 3 is 2.88 bits per heavy atom. The van der Waals surface area contributed by atoms with Gasteiger partial charge in [0.2, 0.25) is 0 Å². The van der Waals surface area contributed by atoms with E-state index in [2.05, 4.69) is 22.4 Å². The van der Waals surface area contributed by atoms with E-state index in [1.807, 2.05) is 12.1 Å². The van der Waals surface area contributed by atoms with Crippen LogP contribution in [0.1, 0.15) is 30.0 Å². The molecule has 16 heavy (non-hydrogen) atoms. The molecule has 3 rings (SSSR count). The first-order valence-electron chi connectivity index (χ1n) is 5.83. The summed E-state index contributed by atoms with van der Waals surface area (Å²) in [5.74, 6) is 1.00. The Hall–Kier alpha value is -1.48. The molecule has 0 atom stereocenters. The van der Waals surface area contributed by atoms with E-state index in [0.717, 1.165) is 24.8 Å². The van der Waals surface area contributed by atoms with Gasteiger partial charge in [-0.05, 0) is 37.1 Å². The smallest absolute Gasteiger partial charge is 0.109 e. The van der Waals surface area contributed by atoms with Gasteiger partial charge in [0, 0.05) is 30.4 Å². The number of aromatic nitrogens is 1. The lowest BCUT2D eigenvalue weighted by Gasteiger charge is -1.99. The molecule has 2 N–H and O–H groups in total. The van der Waals surface area contributed by atoms with Gasteiger partial charge in [0.15, 0.2) is 0 Å². The van der Waals surface area contributed by atoms with Crippen LogP contribution in [0.2, 0.25) is 0 Å². The van der Waals surface area contributed by atoms with Crippen LogP contribution in [0.3, 0.4) is 0 Å². The van der Waals surface area contributed by atoms with Gasteiger partial charge in [0.1, 0.15) is 5.76 Å². The molecule has 0 aromatic carbocycles.